The van der Waals surface area contributed by atoms with E-state index in [0.29, 0.717) is 16.5 Å². The van der Waals surface area contributed by atoms with Gasteiger partial charge in [-0.05, 0) is 18.6 Å². The first-order chi connectivity index (χ1) is 11.5. The third-order valence-electron chi connectivity index (χ3n) is 3.59. The summed E-state index contributed by atoms with van der Waals surface area (Å²) >= 11 is 0. The van der Waals surface area contributed by atoms with E-state index in [1.54, 1.807) is 37.3 Å². The Hall–Kier alpha value is -3.21. The second-order valence-electron chi connectivity index (χ2n) is 5.38. The predicted octanol–water partition coefficient (Wildman–Crippen LogP) is 3.26. The molecule has 0 atom stereocenters. The van der Waals surface area contributed by atoms with Crippen molar-refractivity contribution in [2.24, 2.45) is 0 Å². The molecule has 0 bridgehead atoms. The molecule has 0 aliphatic heterocycles. The largest absolute Gasteiger partial charge is 0.426 e. The minimum atomic E-state index is -0.563. The van der Waals surface area contributed by atoms with Crippen LogP contribution in [0, 0.1) is 6.92 Å². The monoisotopic (exact) mass is 322 g/mol. The number of ketones is 1. The molecule has 0 aliphatic carbocycles. The molecule has 5 heteroatoms. The van der Waals surface area contributed by atoms with Crippen LogP contribution < -0.4 is 10.4 Å². The lowest BCUT2D eigenvalue weighted by Crippen LogP contribution is -2.09. The summed E-state index contributed by atoms with van der Waals surface area (Å²) in [7, 11) is 0. The molecular formula is C19H14O5. The van der Waals surface area contributed by atoms with Crippen LogP contribution in [-0.4, -0.2) is 11.8 Å². The van der Waals surface area contributed by atoms with E-state index < -0.39 is 11.6 Å². The molecule has 0 saturated carbocycles. The van der Waals surface area contributed by atoms with Gasteiger partial charge in [0.05, 0.1) is 5.56 Å². The van der Waals surface area contributed by atoms with Gasteiger partial charge in [0.1, 0.15) is 11.3 Å². The minimum absolute atomic E-state index is 0.0672. The maximum Gasteiger partial charge on any atom is 0.336 e. The number of hydrogen-bond donors (Lipinski definition) is 0. The molecule has 3 aromatic rings. The predicted molar refractivity (Wildman–Crippen MR) is 88.4 cm³/mol. The lowest BCUT2D eigenvalue weighted by molar-refractivity contribution is -0.131. The van der Waals surface area contributed by atoms with E-state index in [1.165, 1.54) is 19.1 Å². The molecule has 1 aromatic heterocycles. The summed E-state index contributed by atoms with van der Waals surface area (Å²) in [5.74, 6) is -0.775. The van der Waals surface area contributed by atoms with Gasteiger partial charge in [0.25, 0.3) is 0 Å². The van der Waals surface area contributed by atoms with Crippen LogP contribution in [0.5, 0.6) is 5.75 Å². The molecule has 0 N–H and O–H groups in total. The van der Waals surface area contributed by atoms with E-state index >= 15 is 0 Å². The van der Waals surface area contributed by atoms with E-state index in [0.717, 1.165) is 0 Å². The fourth-order valence-electron chi connectivity index (χ4n) is 2.51. The van der Waals surface area contributed by atoms with E-state index in [9.17, 15) is 14.4 Å². The van der Waals surface area contributed by atoms with Crippen molar-refractivity contribution in [3.8, 4) is 5.75 Å². The lowest BCUT2D eigenvalue weighted by Gasteiger charge is -2.11. The van der Waals surface area contributed by atoms with E-state index in [2.05, 4.69) is 0 Å². The average molecular weight is 322 g/mol. The summed E-state index contributed by atoms with van der Waals surface area (Å²) in [6.45, 7) is 2.99. The highest BCUT2D eigenvalue weighted by atomic mass is 16.5. The van der Waals surface area contributed by atoms with Gasteiger partial charge in [-0.3, -0.25) is 9.59 Å². The van der Waals surface area contributed by atoms with E-state index in [4.69, 9.17) is 9.15 Å². The first kappa shape index (κ1) is 15.7. The highest BCUT2D eigenvalue weighted by Crippen LogP contribution is 2.29. The van der Waals surface area contributed by atoms with Crippen molar-refractivity contribution in [3.05, 3.63) is 75.6 Å². The smallest absolute Gasteiger partial charge is 0.336 e. The Morgan fingerprint density at radius 2 is 1.75 bits per heavy atom. The van der Waals surface area contributed by atoms with Crippen LogP contribution in [0.4, 0.5) is 0 Å². The van der Waals surface area contributed by atoms with Crippen LogP contribution in [0.25, 0.3) is 11.0 Å². The number of carbonyl (C=O) groups is 2. The minimum Gasteiger partial charge on any atom is -0.426 e. The van der Waals surface area contributed by atoms with Gasteiger partial charge in [-0.25, -0.2) is 4.79 Å². The van der Waals surface area contributed by atoms with E-state index in [-0.39, 0.29) is 22.7 Å². The zero-order chi connectivity index (χ0) is 17.3. The molecule has 0 saturated heterocycles. The Kier molecular flexibility index (Phi) is 4.00. The quantitative estimate of drug-likeness (QED) is 0.320. The van der Waals surface area contributed by atoms with Gasteiger partial charge in [-0.1, -0.05) is 30.3 Å². The number of rotatable bonds is 3. The Labute approximate surface area is 137 Å². The van der Waals surface area contributed by atoms with Crippen molar-refractivity contribution in [1.29, 1.82) is 0 Å². The molecule has 0 spiro atoms. The van der Waals surface area contributed by atoms with Gasteiger partial charge in [-0.15, -0.1) is 0 Å². The fourth-order valence-corrected chi connectivity index (χ4v) is 2.51. The second kappa shape index (κ2) is 6.12. The molecule has 0 radical (unpaired) electrons. The summed E-state index contributed by atoms with van der Waals surface area (Å²) in [5, 5.41) is 0.616. The third kappa shape index (κ3) is 2.96. The standard InChI is InChI=1S/C19H14O5/c1-11-8-18(21)24-16-10-17(23-12(2)20)15(9-14(11)16)19(22)13-6-4-3-5-7-13/h3-10H,1-2H3. The molecule has 0 unspecified atom stereocenters. The van der Waals surface area contributed by atoms with Crippen LogP contribution >= 0.6 is 0 Å². The summed E-state index contributed by atoms with van der Waals surface area (Å²) in [4.78, 5) is 35.7. The normalized spacial score (nSPS) is 10.6. The van der Waals surface area contributed by atoms with Gasteiger partial charge in [0.15, 0.2) is 5.78 Å². The SMILES string of the molecule is CC(=O)Oc1cc2oc(=O)cc(C)c2cc1C(=O)c1ccccc1. The molecule has 120 valence electrons. The Morgan fingerprint density at radius 3 is 2.42 bits per heavy atom. The first-order valence-electron chi connectivity index (χ1n) is 7.32. The second-order valence-corrected chi connectivity index (χ2v) is 5.38. The molecule has 24 heavy (non-hydrogen) atoms. The van der Waals surface area contributed by atoms with Gasteiger partial charge in [0, 0.05) is 30.0 Å². The zero-order valence-corrected chi connectivity index (χ0v) is 13.2. The summed E-state index contributed by atoms with van der Waals surface area (Å²) in [6.07, 6.45) is 0. The highest BCUT2D eigenvalue weighted by Gasteiger charge is 2.19. The lowest BCUT2D eigenvalue weighted by atomic mass is 9.99. The maximum absolute atomic E-state index is 12.8. The average Bonchev–Trinajstić information content (AvgIpc) is 2.54. The number of hydrogen-bond acceptors (Lipinski definition) is 5. The molecule has 1 heterocycles. The Balaban J connectivity index is 2.26. The summed E-state index contributed by atoms with van der Waals surface area (Å²) in [5.41, 5.74) is 1.15. The fraction of sp³-hybridized carbons (Fsp3) is 0.105. The number of aryl methyl sites for hydroxylation is 1. The Bertz CT molecular complexity index is 999. The van der Waals surface area contributed by atoms with Crippen LogP contribution in [0.1, 0.15) is 28.4 Å². The molecule has 2 aromatic carbocycles. The molecule has 3 rings (SSSR count). The molecule has 0 amide bonds. The van der Waals surface area contributed by atoms with Crippen molar-refractivity contribution >= 4 is 22.7 Å². The van der Waals surface area contributed by atoms with Crippen LogP contribution in [-0.2, 0) is 4.79 Å². The Morgan fingerprint density at radius 1 is 1.04 bits per heavy atom. The van der Waals surface area contributed by atoms with Crippen LogP contribution in [0.15, 0.2) is 57.7 Å². The number of carbonyl (C=O) groups excluding carboxylic acids is 2. The number of ether oxygens (including phenoxy) is 1. The van der Waals surface area contributed by atoms with Crippen LogP contribution in [0.3, 0.4) is 0 Å². The maximum atomic E-state index is 12.8. The molecule has 0 fully saturated rings. The van der Waals surface area contributed by atoms with Crippen molar-refractivity contribution in [2.75, 3.05) is 0 Å². The topological polar surface area (TPSA) is 73.6 Å². The first-order valence-corrected chi connectivity index (χ1v) is 7.32. The molecule has 0 aliphatic rings. The summed E-state index contributed by atoms with van der Waals surface area (Å²) in [6, 6.07) is 13.0. The highest BCUT2D eigenvalue weighted by molar-refractivity contribution is 6.12. The van der Waals surface area contributed by atoms with Gasteiger partial charge in [-0.2, -0.15) is 0 Å². The third-order valence-corrected chi connectivity index (χ3v) is 3.59. The van der Waals surface area contributed by atoms with Crippen molar-refractivity contribution in [3.63, 3.8) is 0 Å². The number of benzene rings is 2. The molecular weight excluding hydrogens is 308 g/mol. The van der Waals surface area contributed by atoms with Crippen molar-refractivity contribution in [2.45, 2.75) is 13.8 Å². The number of fused-ring (bicyclic) bond motifs is 1. The van der Waals surface area contributed by atoms with Gasteiger partial charge < -0.3 is 9.15 Å². The number of esters is 1. The van der Waals surface area contributed by atoms with Gasteiger partial charge in [0.2, 0.25) is 0 Å². The van der Waals surface area contributed by atoms with Gasteiger partial charge >= 0.3 is 11.6 Å². The van der Waals surface area contributed by atoms with Crippen LogP contribution in [0.2, 0.25) is 0 Å². The van der Waals surface area contributed by atoms with Crippen molar-refractivity contribution < 1.29 is 18.7 Å². The van der Waals surface area contributed by atoms with E-state index in [1.807, 2.05) is 6.07 Å². The zero-order valence-electron chi connectivity index (χ0n) is 13.2. The molecule has 5 nitrogen and oxygen atoms in total. The van der Waals surface area contributed by atoms with Crippen molar-refractivity contribution in [1.82, 2.24) is 0 Å². The summed E-state index contributed by atoms with van der Waals surface area (Å²) < 4.78 is 10.3.